The average molecular weight is 333 g/mol. The number of hydrogen-bond donors (Lipinski definition) is 0. The van der Waals surface area contributed by atoms with Gasteiger partial charge in [0, 0.05) is 24.1 Å². The molecule has 3 rings (SSSR count). The average Bonchev–Trinajstić information content (AvgIpc) is 3.17. The van der Waals surface area contributed by atoms with Crippen molar-refractivity contribution in [3.8, 4) is 0 Å². The zero-order valence-electron chi connectivity index (χ0n) is 13.0. The van der Waals surface area contributed by atoms with Crippen LogP contribution in [0.3, 0.4) is 0 Å². The number of benzene rings is 1. The molecule has 1 aliphatic heterocycles. The van der Waals surface area contributed by atoms with E-state index in [1.807, 2.05) is 24.3 Å². The number of halogens is 1. The van der Waals surface area contributed by atoms with E-state index in [-0.39, 0.29) is 5.91 Å². The predicted octanol–water partition coefficient (Wildman–Crippen LogP) is 3.47. The maximum atomic E-state index is 12.7. The third-order valence-electron chi connectivity index (χ3n) is 3.82. The summed E-state index contributed by atoms with van der Waals surface area (Å²) in [5.41, 5.74) is 0.438. The van der Waals surface area contributed by atoms with Gasteiger partial charge in [-0.2, -0.15) is 0 Å². The second-order valence-electron chi connectivity index (χ2n) is 5.76. The van der Waals surface area contributed by atoms with Gasteiger partial charge in [0.15, 0.2) is 0 Å². The molecule has 0 radical (unpaired) electrons. The molecule has 1 aromatic carbocycles. The second-order valence-corrected chi connectivity index (χ2v) is 6.16. The van der Waals surface area contributed by atoms with Gasteiger partial charge < -0.3 is 14.2 Å². The number of rotatable bonds is 4. The Morgan fingerprint density at radius 1 is 1.35 bits per heavy atom. The summed E-state index contributed by atoms with van der Waals surface area (Å²) >= 11 is 6.19. The van der Waals surface area contributed by atoms with Crippen LogP contribution in [0.5, 0.6) is 0 Å². The lowest BCUT2D eigenvalue weighted by Gasteiger charge is -2.26. The number of oxime groups is 1. The molecule has 1 atom stereocenters. The minimum absolute atomic E-state index is 0.153. The smallest absolute Gasteiger partial charge is 0.269 e. The molecule has 0 aliphatic carbocycles. The first-order valence-electron chi connectivity index (χ1n) is 7.27. The number of furan rings is 1. The van der Waals surface area contributed by atoms with E-state index < -0.39 is 5.60 Å². The van der Waals surface area contributed by atoms with E-state index in [2.05, 4.69) is 5.16 Å². The highest BCUT2D eigenvalue weighted by molar-refractivity contribution is 6.34. The van der Waals surface area contributed by atoms with Crippen molar-refractivity contribution in [2.24, 2.45) is 5.16 Å². The Balaban J connectivity index is 1.72. The topological polar surface area (TPSA) is 55.0 Å². The normalized spacial score (nSPS) is 20.0. The van der Waals surface area contributed by atoms with E-state index >= 15 is 0 Å². The van der Waals surface area contributed by atoms with Gasteiger partial charge >= 0.3 is 0 Å². The molecular weight excluding hydrogens is 316 g/mol. The number of amides is 1. The largest absolute Gasteiger partial charge is 0.467 e. The van der Waals surface area contributed by atoms with E-state index in [4.69, 9.17) is 20.9 Å². The molecule has 0 fully saturated rings. The monoisotopic (exact) mass is 332 g/mol. The molecule has 1 amide bonds. The number of nitrogens with zero attached hydrogens (tertiary/aromatic N) is 2. The SMILES string of the molecule is CN(Cc1ccco1)C(=O)C1(C)CC(c2ccccc2Cl)=NO1. The van der Waals surface area contributed by atoms with Crippen LogP contribution in [-0.2, 0) is 16.2 Å². The van der Waals surface area contributed by atoms with Gasteiger partial charge in [-0.25, -0.2) is 0 Å². The van der Waals surface area contributed by atoms with Crippen LogP contribution < -0.4 is 0 Å². The fraction of sp³-hybridized carbons (Fsp3) is 0.294. The number of carbonyl (C=O) groups excluding carboxylic acids is 1. The van der Waals surface area contributed by atoms with Gasteiger partial charge in [-0.05, 0) is 25.1 Å². The zero-order chi connectivity index (χ0) is 16.4. The molecule has 2 heterocycles. The first-order chi connectivity index (χ1) is 11.0. The Morgan fingerprint density at radius 2 is 2.13 bits per heavy atom. The number of likely N-dealkylation sites (N-methyl/N-ethyl adjacent to an activating group) is 1. The summed E-state index contributed by atoms with van der Waals surface area (Å²) in [5.74, 6) is 0.564. The Hall–Kier alpha value is -2.27. The van der Waals surface area contributed by atoms with Crippen molar-refractivity contribution in [2.75, 3.05) is 7.05 Å². The van der Waals surface area contributed by atoms with Crippen molar-refractivity contribution in [1.29, 1.82) is 0 Å². The van der Waals surface area contributed by atoms with E-state index in [0.717, 1.165) is 11.3 Å². The van der Waals surface area contributed by atoms with Crippen LogP contribution in [0.25, 0.3) is 0 Å². The van der Waals surface area contributed by atoms with Crippen molar-refractivity contribution < 1.29 is 14.0 Å². The van der Waals surface area contributed by atoms with E-state index in [0.29, 0.717) is 23.7 Å². The highest BCUT2D eigenvalue weighted by Crippen LogP contribution is 2.31. The molecule has 0 bridgehead atoms. The third kappa shape index (κ3) is 3.10. The summed E-state index contributed by atoms with van der Waals surface area (Å²) in [7, 11) is 1.72. The molecule has 0 spiro atoms. The molecule has 1 aliphatic rings. The van der Waals surface area contributed by atoms with E-state index in [1.165, 1.54) is 0 Å². The predicted molar refractivity (Wildman–Crippen MR) is 87.3 cm³/mol. The van der Waals surface area contributed by atoms with Crippen LogP contribution in [0.2, 0.25) is 5.02 Å². The zero-order valence-corrected chi connectivity index (χ0v) is 13.7. The Morgan fingerprint density at radius 3 is 2.83 bits per heavy atom. The lowest BCUT2D eigenvalue weighted by atomic mass is 9.94. The maximum Gasteiger partial charge on any atom is 0.269 e. The molecule has 2 aromatic rings. The first kappa shape index (κ1) is 15.6. The fourth-order valence-corrected chi connectivity index (χ4v) is 2.85. The van der Waals surface area contributed by atoms with Crippen molar-refractivity contribution >= 4 is 23.2 Å². The lowest BCUT2D eigenvalue weighted by molar-refractivity contribution is -0.152. The van der Waals surface area contributed by atoms with Gasteiger partial charge in [-0.1, -0.05) is 35.0 Å². The molecule has 0 saturated heterocycles. The standard InChI is InChI=1S/C17H17ClN2O3/c1-17(16(21)20(2)11-12-6-5-9-22-12)10-15(19-23-17)13-7-3-4-8-14(13)18/h3-9H,10-11H2,1-2H3. The molecular formula is C17H17ClN2O3. The van der Waals surface area contributed by atoms with Gasteiger partial charge in [0.05, 0.1) is 18.5 Å². The van der Waals surface area contributed by atoms with Crippen molar-refractivity contribution in [3.05, 3.63) is 59.0 Å². The van der Waals surface area contributed by atoms with E-state index in [9.17, 15) is 4.79 Å². The number of hydrogen-bond acceptors (Lipinski definition) is 4. The Kier molecular flexibility index (Phi) is 4.13. The van der Waals surface area contributed by atoms with Gasteiger partial charge in [0.1, 0.15) is 5.76 Å². The molecule has 5 nitrogen and oxygen atoms in total. The first-order valence-corrected chi connectivity index (χ1v) is 7.65. The summed E-state index contributed by atoms with van der Waals surface area (Å²) in [6.45, 7) is 2.12. The van der Waals surface area contributed by atoms with Crippen LogP contribution in [0.4, 0.5) is 0 Å². The fourth-order valence-electron chi connectivity index (χ4n) is 2.61. The van der Waals surface area contributed by atoms with E-state index in [1.54, 1.807) is 37.3 Å². The minimum atomic E-state index is -1.03. The van der Waals surface area contributed by atoms with Crippen LogP contribution in [-0.4, -0.2) is 29.2 Å². The summed E-state index contributed by atoms with van der Waals surface area (Å²) < 4.78 is 5.28. The molecule has 120 valence electrons. The minimum Gasteiger partial charge on any atom is -0.467 e. The van der Waals surface area contributed by atoms with Crippen LogP contribution in [0.1, 0.15) is 24.7 Å². The highest BCUT2D eigenvalue weighted by atomic mass is 35.5. The Bertz CT molecular complexity index is 742. The van der Waals surface area contributed by atoms with Crippen molar-refractivity contribution in [2.45, 2.75) is 25.5 Å². The molecule has 23 heavy (non-hydrogen) atoms. The second kappa shape index (κ2) is 6.08. The van der Waals surface area contributed by atoms with Gasteiger partial charge in [-0.15, -0.1) is 0 Å². The highest BCUT2D eigenvalue weighted by Gasteiger charge is 2.44. The molecule has 0 N–H and O–H groups in total. The summed E-state index contributed by atoms with van der Waals surface area (Å²) in [6, 6.07) is 11.0. The quantitative estimate of drug-likeness (QED) is 0.861. The molecule has 1 unspecified atom stereocenters. The van der Waals surface area contributed by atoms with Gasteiger partial charge in [0.25, 0.3) is 5.91 Å². The molecule has 0 saturated carbocycles. The third-order valence-corrected chi connectivity index (χ3v) is 4.15. The lowest BCUT2D eigenvalue weighted by Crippen LogP contribution is -2.45. The maximum absolute atomic E-state index is 12.7. The summed E-state index contributed by atoms with van der Waals surface area (Å²) in [6.07, 6.45) is 1.96. The van der Waals surface area contributed by atoms with Gasteiger partial charge in [-0.3, -0.25) is 4.79 Å². The molecule has 6 heteroatoms. The van der Waals surface area contributed by atoms with Gasteiger partial charge in [0.2, 0.25) is 5.60 Å². The molecule has 1 aromatic heterocycles. The van der Waals surface area contributed by atoms with Crippen molar-refractivity contribution in [3.63, 3.8) is 0 Å². The van der Waals surface area contributed by atoms with Crippen LogP contribution in [0.15, 0.2) is 52.2 Å². The van der Waals surface area contributed by atoms with Crippen LogP contribution >= 0.6 is 11.6 Å². The summed E-state index contributed by atoms with van der Waals surface area (Å²) in [4.78, 5) is 19.8. The Labute approximate surface area is 139 Å². The van der Waals surface area contributed by atoms with Crippen LogP contribution in [0, 0.1) is 0 Å². The van der Waals surface area contributed by atoms with Crippen molar-refractivity contribution in [1.82, 2.24) is 4.90 Å². The summed E-state index contributed by atoms with van der Waals surface area (Å²) in [5, 5.41) is 4.67. The number of carbonyl (C=O) groups is 1.